The highest BCUT2D eigenvalue weighted by molar-refractivity contribution is 5.78. The largest absolute Gasteiger partial charge is 0.507 e. The van der Waals surface area contributed by atoms with Crippen LogP contribution in [0.1, 0.15) is 11.8 Å². The minimum Gasteiger partial charge on any atom is -0.507 e. The number of ether oxygens (including phenoxy) is 1. The Morgan fingerprint density at radius 2 is 2.12 bits per heavy atom. The van der Waals surface area contributed by atoms with Gasteiger partial charge in [0.15, 0.2) is 6.23 Å². The summed E-state index contributed by atoms with van der Waals surface area (Å²) in [4.78, 5) is 0. The Kier molecular flexibility index (Phi) is 1.93. The van der Waals surface area contributed by atoms with Gasteiger partial charge in [-0.3, -0.25) is 5.73 Å². The van der Waals surface area contributed by atoms with Gasteiger partial charge in [0.2, 0.25) is 0 Å². The molecule has 0 bridgehead atoms. The summed E-state index contributed by atoms with van der Waals surface area (Å²) in [5, 5.41) is 17.6. The molecule has 1 aromatic heterocycles. The summed E-state index contributed by atoms with van der Waals surface area (Å²) >= 11 is 0. The normalized spacial score (nSPS) is 16.9. The molecule has 0 spiro atoms. The number of nitrogens with zero attached hydrogens (tertiary/aromatic N) is 2. The van der Waals surface area contributed by atoms with Crippen molar-refractivity contribution in [3.8, 4) is 22.8 Å². The molecule has 0 amide bonds. The van der Waals surface area contributed by atoms with E-state index in [0.717, 1.165) is 0 Å². The van der Waals surface area contributed by atoms with E-state index in [1.807, 2.05) is 0 Å². The highest BCUT2D eigenvalue weighted by Crippen LogP contribution is 2.44. The quantitative estimate of drug-likeness (QED) is 0.617. The number of hydrogen-bond donors (Lipinski definition) is 3. The minimum atomic E-state index is -0.655. The first kappa shape index (κ1) is 9.86. The van der Waals surface area contributed by atoms with Crippen LogP contribution >= 0.6 is 0 Å². The Morgan fingerprint density at radius 1 is 1.29 bits per heavy atom. The second-order valence-electron chi connectivity index (χ2n) is 3.76. The van der Waals surface area contributed by atoms with Crippen LogP contribution in [-0.4, -0.2) is 15.3 Å². The van der Waals surface area contributed by atoms with E-state index in [1.165, 1.54) is 0 Å². The van der Waals surface area contributed by atoms with Crippen molar-refractivity contribution in [2.45, 2.75) is 6.23 Å². The molecule has 0 unspecified atom stereocenters. The molecule has 86 valence electrons. The fourth-order valence-corrected chi connectivity index (χ4v) is 1.89. The highest BCUT2D eigenvalue weighted by atomic mass is 16.5. The van der Waals surface area contributed by atoms with Gasteiger partial charge < -0.3 is 15.6 Å². The van der Waals surface area contributed by atoms with Crippen LogP contribution in [0.3, 0.4) is 0 Å². The van der Waals surface area contributed by atoms with Gasteiger partial charge in [0, 0.05) is 5.56 Å². The molecule has 1 atom stereocenters. The summed E-state index contributed by atoms with van der Waals surface area (Å²) < 4.78 is 5.49. The molecule has 0 saturated carbocycles. The van der Waals surface area contributed by atoms with E-state index in [4.69, 9.17) is 16.2 Å². The average Bonchev–Trinajstić information content (AvgIpc) is 2.30. The predicted octanol–water partition coefficient (Wildman–Crippen LogP) is 0.781. The van der Waals surface area contributed by atoms with E-state index in [1.54, 1.807) is 24.3 Å². The zero-order valence-electron chi connectivity index (χ0n) is 8.79. The summed E-state index contributed by atoms with van der Waals surface area (Å²) in [6.45, 7) is 0. The molecule has 0 saturated heterocycles. The maximum Gasteiger partial charge on any atom is 0.176 e. The molecule has 6 nitrogen and oxygen atoms in total. The third-order valence-corrected chi connectivity index (χ3v) is 2.64. The Morgan fingerprint density at radius 3 is 2.94 bits per heavy atom. The van der Waals surface area contributed by atoms with Crippen LogP contribution < -0.4 is 16.2 Å². The molecular formula is C11H10N4O2. The molecule has 1 aliphatic rings. The van der Waals surface area contributed by atoms with Gasteiger partial charge in [-0.05, 0) is 18.2 Å². The number of phenolic OH excluding ortho intramolecular Hbond substituents is 1. The summed E-state index contributed by atoms with van der Waals surface area (Å²) in [5.74, 6) is 0.834. The van der Waals surface area contributed by atoms with Gasteiger partial charge in [-0.15, -0.1) is 10.2 Å². The number of benzene rings is 1. The topological polar surface area (TPSA) is 107 Å². The van der Waals surface area contributed by atoms with Gasteiger partial charge in [0.05, 0.1) is 5.56 Å². The lowest BCUT2D eigenvalue weighted by Gasteiger charge is -2.25. The zero-order chi connectivity index (χ0) is 12.0. The number of anilines is 1. The molecule has 6 heteroatoms. The van der Waals surface area contributed by atoms with Crippen LogP contribution in [0.25, 0.3) is 11.3 Å². The Balaban J connectivity index is 2.32. The Labute approximate surface area is 96.8 Å². The molecule has 2 heterocycles. The van der Waals surface area contributed by atoms with Crippen molar-refractivity contribution in [3.63, 3.8) is 0 Å². The third kappa shape index (κ3) is 1.38. The lowest BCUT2D eigenvalue weighted by Crippen LogP contribution is -2.23. The first-order valence-corrected chi connectivity index (χ1v) is 5.04. The number of nitrogen functional groups attached to an aromatic ring is 1. The van der Waals surface area contributed by atoms with Crippen molar-refractivity contribution in [1.29, 1.82) is 0 Å². The molecular weight excluding hydrogens is 220 g/mol. The molecule has 0 fully saturated rings. The highest BCUT2D eigenvalue weighted by Gasteiger charge is 2.27. The third-order valence-electron chi connectivity index (χ3n) is 2.64. The van der Waals surface area contributed by atoms with Gasteiger partial charge in [0.25, 0.3) is 0 Å². The van der Waals surface area contributed by atoms with Gasteiger partial charge in [-0.25, -0.2) is 0 Å². The van der Waals surface area contributed by atoms with Gasteiger partial charge in [0.1, 0.15) is 23.0 Å². The summed E-state index contributed by atoms with van der Waals surface area (Å²) in [6.07, 6.45) is -0.655. The minimum absolute atomic E-state index is 0.0784. The van der Waals surface area contributed by atoms with Gasteiger partial charge in [-0.1, -0.05) is 6.07 Å². The van der Waals surface area contributed by atoms with Crippen LogP contribution in [0.15, 0.2) is 24.3 Å². The van der Waals surface area contributed by atoms with Crippen molar-refractivity contribution < 1.29 is 9.84 Å². The van der Waals surface area contributed by atoms with Crippen molar-refractivity contribution in [1.82, 2.24) is 10.2 Å². The van der Waals surface area contributed by atoms with E-state index in [0.29, 0.717) is 22.6 Å². The molecule has 1 aliphatic heterocycles. The molecule has 3 rings (SSSR count). The lowest BCUT2D eigenvalue weighted by atomic mass is 10.0. The summed E-state index contributed by atoms with van der Waals surface area (Å²) in [6, 6.07) is 6.55. The molecule has 17 heavy (non-hydrogen) atoms. The lowest BCUT2D eigenvalue weighted by molar-refractivity contribution is 0.208. The van der Waals surface area contributed by atoms with Crippen molar-refractivity contribution in [3.05, 3.63) is 29.8 Å². The number of rotatable bonds is 0. The number of phenols is 1. The fraction of sp³-hybridized carbons (Fsp3) is 0.0909. The summed E-state index contributed by atoms with van der Waals surface area (Å²) in [7, 11) is 0. The van der Waals surface area contributed by atoms with Crippen molar-refractivity contribution >= 4 is 5.82 Å². The van der Waals surface area contributed by atoms with E-state index >= 15 is 0 Å². The van der Waals surface area contributed by atoms with Crippen LogP contribution in [0.5, 0.6) is 11.5 Å². The Bertz CT molecular complexity index is 600. The number of aromatic hydroxyl groups is 1. The van der Waals surface area contributed by atoms with Crippen molar-refractivity contribution in [2.75, 3.05) is 5.73 Å². The van der Waals surface area contributed by atoms with E-state index < -0.39 is 6.23 Å². The molecule has 0 radical (unpaired) electrons. The smallest absolute Gasteiger partial charge is 0.176 e. The van der Waals surface area contributed by atoms with Crippen LogP contribution in [0.2, 0.25) is 0 Å². The second-order valence-corrected chi connectivity index (χ2v) is 3.76. The molecule has 2 aromatic rings. The fourth-order valence-electron chi connectivity index (χ4n) is 1.89. The monoisotopic (exact) mass is 230 g/mol. The standard InChI is InChI=1S/C11H10N4O2/c12-8-4-5-10(15-14-8)9-6(16)2-1-3-7(9)17-11(5)13/h1-4,11,16H,13H2,(H2,12,14)/t11-/m1/s1. The van der Waals surface area contributed by atoms with E-state index in [-0.39, 0.29) is 11.6 Å². The maximum atomic E-state index is 9.84. The number of nitrogens with two attached hydrogens (primary N) is 2. The van der Waals surface area contributed by atoms with Crippen LogP contribution in [-0.2, 0) is 0 Å². The Hall–Kier alpha value is -2.34. The van der Waals surface area contributed by atoms with Crippen molar-refractivity contribution in [2.24, 2.45) is 5.73 Å². The SMILES string of the molecule is Nc1cc2c(nn1)-c1c(O)cccc1O[C@H]2N. The number of hydrogen-bond acceptors (Lipinski definition) is 6. The second kappa shape index (κ2) is 3.33. The van der Waals surface area contributed by atoms with E-state index in [2.05, 4.69) is 10.2 Å². The number of aromatic nitrogens is 2. The predicted molar refractivity (Wildman–Crippen MR) is 61.1 cm³/mol. The van der Waals surface area contributed by atoms with Crippen LogP contribution in [0, 0.1) is 0 Å². The molecule has 5 N–H and O–H groups in total. The zero-order valence-corrected chi connectivity index (χ0v) is 8.79. The number of fused-ring (bicyclic) bond motifs is 3. The summed E-state index contributed by atoms with van der Waals surface area (Å²) in [5.41, 5.74) is 13.0. The first-order chi connectivity index (χ1) is 8.16. The first-order valence-electron chi connectivity index (χ1n) is 5.04. The molecule has 0 aliphatic carbocycles. The van der Waals surface area contributed by atoms with Gasteiger partial charge >= 0.3 is 0 Å². The van der Waals surface area contributed by atoms with E-state index in [9.17, 15) is 5.11 Å². The molecule has 1 aromatic carbocycles. The van der Waals surface area contributed by atoms with Gasteiger partial charge in [-0.2, -0.15) is 0 Å². The average molecular weight is 230 g/mol. The maximum absolute atomic E-state index is 9.84. The van der Waals surface area contributed by atoms with Crippen LogP contribution in [0.4, 0.5) is 5.82 Å².